The Hall–Kier alpha value is -0.270. The Morgan fingerprint density at radius 2 is 2.40 bits per heavy atom. The minimum Gasteiger partial charge on any atom is -0.394 e. The highest BCUT2D eigenvalue weighted by Crippen LogP contribution is 2.04. The maximum atomic E-state index is 8.53. The molecule has 1 unspecified atom stereocenters. The largest absolute Gasteiger partial charge is 0.394 e. The van der Waals surface area contributed by atoms with E-state index in [0.717, 1.165) is 19.6 Å². The third-order valence-electron chi connectivity index (χ3n) is 2.26. The van der Waals surface area contributed by atoms with Crippen LogP contribution in [-0.4, -0.2) is 67.2 Å². The highest BCUT2D eigenvalue weighted by Gasteiger charge is 2.21. The third kappa shape index (κ3) is 4.85. The summed E-state index contributed by atoms with van der Waals surface area (Å²) in [4.78, 5) is 2.61. The predicted octanol–water partition coefficient (Wildman–Crippen LogP) is -1.02. The summed E-state index contributed by atoms with van der Waals surface area (Å²) in [6, 6.07) is 0. The van der Waals surface area contributed by atoms with Crippen LogP contribution in [0.2, 0.25) is 0 Å². The molecule has 0 aromatic carbocycles. The first-order valence-electron chi connectivity index (χ1n) is 5.06. The summed E-state index contributed by atoms with van der Waals surface area (Å²) < 4.78 is 10.6. The molecule has 5 nitrogen and oxygen atoms in total. The molecule has 1 aliphatic heterocycles. The van der Waals surface area contributed by atoms with Crippen LogP contribution in [0.4, 0.5) is 0 Å². The minimum absolute atomic E-state index is 0.0681. The lowest BCUT2D eigenvalue weighted by atomic mass is 10.3. The molecule has 0 aliphatic carbocycles. The molecule has 1 saturated heterocycles. The molecule has 1 aliphatic rings. The Kier molecular flexibility index (Phi) is 6.04. The van der Waals surface area contributed by atoms with E-state index >= 15 is 0 Å². The summed E-state index contributed by atoms with van der Waals surface area (Å²) in [5.74, 6) is 0. The van der Waals surface area contributed by atoms with Gasteiger partial charge in [-0.15, -0.1) is 0 Å². The molecule has 1 heterocycles. The fourth-order valence-electron chi connectivity index (χ4n) is 1.44. The number of aliphatic hydroxyl groups excluding tert-OH is 1. The molecule has 0 radical (unpaired) electrons. The quantitative estimate of drug-likeness (QED) is 0.453. The maximum Gasteiger partial charge on any atom is 0.120 e. The first-order valence-corrected chi connectivity index (χ1v) is 5.46. The lowest BCUT2D eigenvalue weighted by Gasteiger charge is -2.32. The molecule has 0 spiro atoms. The van der Waals surface area contributed by atoms with Crippen molar-refractivity contribution in [2.24, 2.45) is 5.73 Å². The zero-order valence-corrected chi connectivity index (χ0v) is 9.54. The van der Waals surface area contributed by atoms with Gasteiger partial charge in [-0.2, -0.15) is 0 Å². The van der Waals surface area contributed by atoms with Gasteiger partial charge in [0, 0.05) is 19.6 Å². The fourth-order valence-corrected chi connectivity index (χ4v) is 1.58. The molecule has 0 aromatic heterocycles. The number of thiocarbonyl (C=S) groups is 1. The van der Waals surface area contributed by atoms with Crippen molar-refractivity contribution in [2.45, 2.75) is 6.10 Å². The lowest BCUT2D eigenvalue weighted by molar-refractivity contribution is -0.00720. The Labute approximate surface area is 95.1 Å². The van der Waals surface area contributed by atoms with Crippen molar-refractivity contribution in [1.29, 1.82) is 0 Å². The monoisotopic (exact) mass is 234 g/mol. The molecule has 0 aromatic rings. The van der Waals surface area contributed by atoms with Gasteiger partial charge in [-0.3, -0.25) is 4.90 Å². The first-order chi connectivity index (χ1) is 7.24. The highest BCUT2D eigenvalue weighted by molar-refractivity contribution is 7.80. The van der Waals surface area contributed by atoms with Crippen LogP contribution >= 0.6 is 12.2 Å². The van der Waals surface area contributed by atoms with Crippen LogP contribution in [0.1, 0.15) is 0 Å². The van der Waals surface area contributed by atoms with E-state index in [2.05, 4.69) is 4.90 Å². The van der Waals surface area contributed by atoms with Crippen LogP contribution in [0.5, 0.6) is 0 Å². The molecule has 0 amide bonds. The number of hydrogen-bond acceptors (Lipinski definition) is 5. The first kappa shape index (κ1) is 12.8. The molecule has 1 atom stereocenters. The second-order valence-corrected chi connectivity index (χ2v) is 3.87. The van der Waals surface area contributed by atoms with Crippen molar-refractivity contribution in [1.82, 2.24) is 4.90 Å². The molecule has 3 N–H and O–H groups in total. The van der Waals surface area contributed by atoms with Gasteiger partial charge < -0.3 is 20.3 Å². The van der Waals surface area contributed by atoms with E-state index in [-0.39, 0.29) is 12.7 Å². The summed E-state index contributed by atoms with van der Waals surface area (Å²) in [6.07, 6.45) is -0.133. The molecule has 15 heavy (non-hydrogen) atoms. The van der Waals surface area contributed by atoms with Crippen molar-refractivity contribution in [2.75, 3.05) is 46.1 Å². The zero-order chi connectivity index (χ0) is 11.1. The van der Waals surface area contributed by atoms with Crippen LogP contribution in [0.3, 0.4) is 0 Å². The SMILES string of the molecule is NC(=S)C1CN(CCOCCO)CCO1. The lowest BCUT2D eigenvalue weighted by Crippen LogP contribution is -2.48. The summed E-state index contributed by atoms with van der Waals surface area (Å²) in [5.41, 5.74) is 5.52. The Bertz CT molecular complexity index is 204. The third-order valence-corrected chi connectivity index (χ3v) is 2.52. The van der Waals surface area contributed by atoms with Gasteiger partial charge >= 0.3 is 0 Å². The summed E-state index contributed by atoms with van der Waals surface area (Å²) in [5, 5.41) is 8.53. The second kappa shape index (κ2) is 7.08. The van der Waals surface area contributed by atoms with Crippen LogP contribution < -0.4 is 5.73 Å². The van der Waals surface area contributed by atoms with E-state index in [0.29, 0.717) is 24.8 Å². The van der Waals surface area contributed by atoms with Gasteiger partial charge in [0.1, 0.15) is 11.1 Å². The van der Waals surface area contributed by atoms with E-state index < -0.39 is 0 Å². The Morgan fingerprint density at radius 3 is 3.07 bits per heavy atom. The van der Waals surface area contributed by atoms with Gasteiger partial charge in [0.05, 0.1) is 26.4 Å². The summed E-state index contributed by atoms with van der Waals surface area (Å²) in [7, 11) is 0. The highest BCUT2D eigenvalue weighted by atomic mass is 32.1. The number of rotatable bonds is 6. The maximum absolute atomic E-state index is 8.53. The number of ether oxygens (including phenoxy) is 2. The number of morpholine rings is 1. The average Bonchev–Trinajstić information content (AvgIpc) is 2.25. The second-order valence-electron chi connectivity index (χ2n) is 3.40. The van der Waals surface area contributed by atoms with Gasteiger partial charge in [-0.1, -0.05) is 12.2 Å². The number of hydrogen-bond donors (Lipinski definition) is 2. The standard InChI is InChI=1S/C9H18N2O3S/c10-9(15)8-7-11(2-5-14-8)1-4-13-6-3-12/h8,12H,1-7H2,(H2,10,15). The fraction of sp³-hybridized carbons (Fsp3) is 0.889. The summed E-state index contributed by atoms with van der Waals surface area (Å²) >= 11 is 4.88. The van der Waals surface area contributed by atoms with Gasteiger partial charge in [0.2, 0.25) is 0 Å². The Balaban J connectivity index is 2.15. The van der Waals surface area contributed by atoms with Gasteiger partial charge in [0.25, 0.3) is 0 Å². The van der Waals surface area contributed by atoms with Crippen molar-refractivity contribution in [3.8, 4) is 0 Å². The summed E-state index contributed by atoms with van der Waals surface area (Å²) in [6.45, 7) is 4.16. The molecular formula is C9H18N2O3S. The van der Waals surface area contributed by atoms with Gasteiger partial charge in [-0.25, -0.2) is 0 Å². The number of nitrogens with zero attached hydrogens (tertiary/aromatic N) is 1. The minimum atomic E-state index is -0.133. The normalized spacial score (nSPS) is 22.9. The van der Waals surface area contributed by atoms with E-state index in [4.69, 9.17) is 32.5 Å². The molecular weight excluding hydrogens is 216 g/mol. The van der Waals surface area contributed by atoms with Crippen LogP contribution in [0, 0.1) is 0 Å². The Morgan fingerprint density at radius 1 is 1.60 bits per heavy atom. The molecule has 88 valence electrons. The molecule has 0 saturated carbocycles. The smallest absolute Gasteiger partial charge is 0.120 e. The van der Waals surface area contributed by atoms with Crippen molar-refractivity contribution >= 4 is 17.2 Å². The number of aliphatic hydroxyl groups is 1. The van der Waals surface area contributed by atoms with Crippen LogP contribution in [0.25, 0.3) is 0 Å². The van der Waals surface area contributed by atoms with Crippen molar-refractivity contribution in [3.05, 3.63) is 0 Å². The van der Waals surface area contributed by atoms with E-state index in [1.807, 2.05) is 0 Å². The molecule has 0 bridgehead atoms. The molecule has 1 fully saturated rings. The number of nitrogens with two attached hydrogens (primary N) is 1. The van der Waals surface area contributed by atoms with Gasteiger partial charge in [-0.05, 0) is 0 Å². The zero-order valence-electron chi connectivity index (χ0n) is 8.72. The predicted molar refractivity (Wildman–Crippen MR) is 60.9 cm³/mol. The van der Waals surface area contributed by atoms with Crippen LogP contribution in [-0.2, 0) is 9.47 Å². The average molecular weight is 234 g/mol. The van der Waals surface area contributed by atoms with E-state index in [1.165, 1.54) is 0 Å². The molecule has 6 heteroatoms. The topological polar surface area (TPSA) is 68.0 Å². The van der Waals surface area contributed by atoms with Crippen molar-refractivity contribution < 1.29 is 14.6 Å². The van der Waals surface area contributed by atoms with Crippen molar-refractivity contribution in [3.63, 3.8) is 0 Å². The van der Waals surface area contributed by atoms with Gasteiger partial charge in [0.15, 0.2) is 0 Å². The van der Waals surface area contributed by atoms with Crippen LogP contribution in [0.15, 0.2) is 0 Å². The van der Waals surface area contributed by atoms with E-state index in [1.54, 1.807) is 0 Å². The molecule has 1 rings (SSSR count). The van der Waals surface area contributed by atoms with E-state index in [9.17, 15) is 0 Å².